The number of aryl methyl sites for hydroxylation is 2. The summed E-state index contributed by atoms with van der Waals surface area (Å²) in [6.45, 7) is 0. The van der Waals surface area contributed by atoms with E-state index in [-0.39, 0.29) is 5.84 Å². The largest absolute Gasteiger partial charge is 0.387 e. The van der Waals surface area contributed by atoms with Gasteiger partial charge in [-0.3, -0.25) is 5.41 Å². The zero-order valence-corrected chi connectivity index (χ0v) is 7.64. The van der Waals surface area contributed by atoms with Crippen LogP contribution in [0.2, 0.25) is 0 Å². The van der Waals surface area contributed by atoms with Crippen molar-refractivity contribution < 1.29 is 0 Å². The van der Waals surface area contributed by atoms with E-state index in [1.807, 2.05) is 0 Å². The maximum Gasteiger partial charge on any atom is 0.0950 e. The predicted molar refractivity (Wildman–Crippen MR) is 54.1 cm³/mol. The Morgan fingerprint density at radius 1 is 1.31 bits per heavy atom. The number of nitrogens with two attached hydrogens (primary N) is 1. The van der Waals surface area contributed by atoms with E-state index in [0.29, 0.717) is 6.42 Å². The van der Waals surface area contributed by atoms with Crippen LogP contribution in [-0.2, 0) is 19.3 Å². The van der Waals surface area contributed by atoms with Crippen LogP contribution >= 0.6 is 0 Å². The summed E-state index contributed by atoms with van der Waals surface area (Å²) in [6.07, 6.45) is 4.28. The summed E-state index contributed by atoms with van der Waals surface area (Å²) in [5, 5.41) is 7.21. The van der Waals surface area contributed by atoms with Crippen LogP contribution in [-0.4, -0.2) is 5.84 Å². The molecule has 0 atom stereocenters. The van der Waals surface area contributed by atoms with Crippen LogP contribution in [0.1, 0.15) is 23.1 Å². The van der Waals surface area contributed by atoms with Crippen molar-refractivity contribution in [2.45, 2.75) is 25.7 Å². The Balaban J connectivity index is 2.25. The summed E-state index contributed by atoms with van der Waals surface area (Å²) in [7, 11) is 0. The Labute approximate surface area is 78.3 Å². The van der Waals surface area contributed by atoms with E-state index < -0.39 is 0 Å². The van der Waals surface area contributed by atoms with Crippen LogP contribution in [0.15, 0.2) is 18.2 Å². The number of fused-ring (bicyclic) bond motifs is 1. The van der Waals surface area contributed by atoms with Crippen molar-refractivity contribution in [3.63, 3.8) is 0 Å². The molecule has 1 aromatic rings. The Hall–Kier alpha value is -1.31. The number of hydrogen-bond acceptors (Lipinski definition) is 1. The second-order valence-corrected chi connectivity index (χ2v) is 3.66. The van der Waals surface area contributed by atoms with Gasteiger partial charge in [-0.1, -0.05) is 18.2 Å². The quantitative estimate of drug-likeness (QED) is 0.520. The second kappa shape index (κ2) is 3.21. The third-order valence-corrected chi connectivity index (χ3v) is 2.56. The lowest BCUT2D eigenvalue weighted by Gasteiger charge is -2.03. The molecule has 0 amide bonds. The molecular weight excluding hydrogens is 160 g/mol. The van der Waals surface area contributed by atoms with Crippen LogP contribution in [0.5, 0.6) is 0 Å². The normalized spacial score (nSPS) is 14.2. The summed E-state index contributed by atoms with van der Waals surface area (Å²) in [4.78, 5) is 0. The van der Waals surface area contributed by atoms with E-state index >= 15 is 0 Å². The molecule has 0 fully saturated rings. The first kappa shape index (κ1) is 8.30. The first-order valence-electron chi connectivity index (χ1n) is 4.69. The van der Waals surface area contributed by atoms with Crippen LogP contribution in [0.25, 0.3) is 0 Å². The summed E-state index contributed by atoms with van der Waals surface area (Å²) >= 11 is 0. The van der Waals surface area contributed by atoms with Gasteiger partial charge in [0.2, 0.25) is 0 Å². The molecule has 1 aromatic carbocycles. The maximum absolute atomic E-state index is 7.21. The van der Waals surface area contributed by atoms with Crippen molar-refractivity contribution in [1.29, 1.82) is 5.41 Å². The van der Waals surface area contributed by atoms with Crippen LogP contribution in [0, 0.1) is 5.41 Å². The highest BCUT2D eigenvalue weighted by molar-refractivity contribution is 5.79. The van der Waals surface area contributed by atoms with Gasteiger partial charge < -0.3 is 5.73 Å². The average Bonchev–Trinajstić information content (AvgIpc) is 2.49. The molecule has 13 heavy (non-hydrogen) atoms. The lowest BCUT2D eigenvalue weighted by atomic mass is 10.0. The molecule has 0 heterocycles. The standard InChI is InChI=1S/C11H14N2/c12-11(13)7-8-4-5-9-2-1-3-10(9)6-8/h4-6H,1-3,7H2,(H3,12,13). The SMILES string of the molecule is N=C(N)Cc1ccc2c(c1)CCC2. The van der Waals surface area contributed by atoms with Crippen molar-refractivity contribution in [1.82, 2.24) is 0 Å². The van der Waals surface area contributed by atoms with Crippen molar-refractivity contribution >= 4 is 5.84 Å². The molecule has 0 radical (unpaired) electrons. The minimum Gasteiger partial charge on any atom is -0.387 e. The molecule has 2 nitrogen and oxygen atoms in total. The Bertz CT molecular complexity index is 342. The second-order valence-electron chi connectivity index (χ2n) is 3.66. The first-order chi connectivity index (χ1) is 6.25. The molecule has 0 saturated carbocycles. The average molecular weight is 174 g/mol. The van der Waals surface area contributed by atoms with Crippen LogP contribution < -0.4 is 5.73 Å². The Morgan fingerprint density at radius 3 is 2.85 bits per heavy atom. The third kappa shape index (κ3) is 1.72. The van der Waals surface area contributed by atoms with Crippen molar-refractivity contribution in [3.8, 4) is 0 Å². The molecule has 3 N–H and O–H groups in total. The summed E-state index contributed by atoms with van der Waals surface area (Å²) < 4.78 is 0. The van der Waals surface area contributed by atoms with E-state index in [1.165, 1.54) is 36.0 Å². The molecule has 1 aliphatic carbocycles. The smallest absolute Gasteiger partial charge is 0.0950 e. The molecule has 0 spiro atoms. The highest BCUT2D eigenvalue weighted by Gasteiger charge is 2.10. The fourth-order valence-corrected chi connectivity index (χ4v) is 1.96. The fraction of sp³-hybridized carbons (Fsp3) is 0.364. The van der Waals surface area contributed by atoms with Gasteiger partial charge in [0.25, 0.3) is 0 Å². The van der Waals surface area contributed by atoms with E-state index in [1.54, 1.807) is 0 Å². The molecule has 68 valence electrons. The first-order valence-corrected chi connectivity index (χ1v) is 4.69. The number of rotatable bonds is 2. The van der Waals surface area contributed by atoms with E-state index in [2.05, 4.69) is 18.2 Å². The highest BCUT2D eigenvalue weighted by Crippen LogP contribution is 2.22. The zero-order chi connectivity index (χ0) is 9.26. The van der Waals surface area contributed by atoms with Gasteiger partial charge >= 0.3 is 0 Å². The van der Waals surface area contributed by atoms with Gasteiger partial charge in [-0.25, -0.2) is 0 Å². The Kier molecular flexibility index (Phi) is 2.05. The highest BCUT2D eigenvalue weighted by atomic mass is 14.7. The van der Waals surface area contributed by atoms with E-state index in [4.69, 9.17) is 11.1 Å². The lowest BCUT2D eigenvalue weighted by molar-refractivity contribution is 0.911. The predicted octanol–water partition coefficient (Wildman–Crippen LogP) is 1.65. The van der Waals surface area contributed by atoms with E-state index in [0.717, 1.165) is 0 Å². The third-order valence-electron chi connectivity index (χ3n) is 2.56. The number of benzene rings is 1. The summed E-state index contributed by atoms with van der Waals surface area (Å²) in [6, 6.07) is 6.47. The van der Waals surface area contributed by atoms with Crippen molar-refractivity contribution in [2.24, 2.45) is 5.73 Å². The van der Waals surface area contributed by atoms with Gasteiger partial charge in [0.1, 0.15) is 0 Å². The van der Waals surface area contributed by atoms with Crippen LogP contribution in [0.3, 0.4) is 0 Å². The van der Waals surface area contributed by atoms with Gasteiger partial charge in [0, 0.05) is 6.42 Å². The maximum atomic E-state index is 7.21. The molecule has 0 aliphatic heterocycles. The molecule has 0 saturated heterocycles. The number of hydrogen-bond donors (Lipinski definition) is 2. The monoisotopic (exact) mass is 174 g/mol. The number of nitrogens with one attached hydrogen (secondary N) is 1. The van der Waals surface area contributed by atoms with Crippen molar-refractivity contribution in [3.05, 3.63) is 34.9 Å². The molecular formula is C11H14N2. The molecule has 0 bridgehead atoms. The van der Waals surface area contributed by atoms with Gasteiger partial charge in [0.15, 0.2) is 0 Å². The van der Waals surface area contributed by atoms with Gasteiger partial charge in [0.05, 0.1) is 5.84 Å². The minimum atomic E-state index is 0.248. The molecule has 1 aliphatic rings. The molecule has 2 rings (SSSR count). The van der Waals surface area contributed by atoms with Gasteiger partial charge in [-0.15, -0.1) is 0 Å². The minimum absolute atomic E-state index is 0.248. The molecule has 2 heteroatoms. The van der Waals surface area contributed by atoms with E-state index in [9.17, 15) is 0 Å². The summed E-state index contributed by atoms with van der Waals surface area (Å²) in [5.74, 6) is 0.248. The molecule has 0 unspecified atom stereocenters. The number of amidine groups is 1. The topological polar surface area (TPSA) is 49.9 Å². The van der Waals surface area contributed by atoms with Crippen molar-refractivity contribution in [2.75, 3.05) is 0 Å². The Morgan fingerprint density at radius 2 is 2.08 bits per heavy atom. The van der Waals surface area contributed by atoms with Gasteiger partial charge in [-0.05, 0) is 36.0 Å². The lowest BCUT2D eigenvalue weighted by Crippen LogP contribution is -2.12. The van der Waals surface area contributed by atoms with Crippen LogP contribution in [0.4, 0.5) is 0 Å². The zero-order valence-electron chi connectivity index (χ0n) is 7.64. The van der Waals surface area contributed by atoms with Gasteiger partial charge in [-0.2, -0.15) is 0 Å². The summed E-state index contributed by atoms with van der Waals surface area (Å²) in [5.41, 5.74) is 9.46. The molecule has 0 aromatic heterocycles. The fourth-order valence-electron chi connectivity index (χ4n) is 1.96.